The molecule has 6 heteroatoms. The van der Waals surface area contributed by atoms with Crippen molar-refractivity contribution in [2.45, 2.75) is 0 Å². The van der Waals surface area contributed by atoms with Gasteiger partial charge in [-0.25, -0.2) is 4.79 Å². The third kappa shape index (κ3) is 2.16. The Balaban J connectivity index is 2.43. The lowest BCUT2D eigenvalue weighted by molar-refractivity contribution is -0.384. The number of hydrogen-bond acceptors (Lipinski definition) is 4. The van der Waals surface area contributed by atoms with Crippen LogP contribution in [0.25, 0.3) is 11.1 Å². The molecule has 1 heterocycles. The van der Waals surface area contributed by atoms with Gasteiger partial charge in [0.2, 0.25) is 0 Å². The van der Waals surface area contributed by atoms with Gasteiger partial charge in [0.25, 0.3) is 5.69 Å². The Bertz CT molecular complexity index is 573. The number of nitrogens with zero attached hydrogens (tertiary/aromatic N) is 1. The van der Waals surface area contributed by atoms with E-state index in [9.17, 15) is 14.9 Å². The van der Waals surface area contributed by atoms with E-state index < -0.39 is 10.9 Å². The molecule has 0 saturated heterocycles. The van der Waals surface area contributed by atoms with E-state index in [1.54, 1.807) is 23.6 Å². The standard InChI is InChI=1S/C11H7NO4S/c13-11(14)10-9(5-6-17-10)7-1-3-8(4-2-7)12(15)16/h1-6H,(H,13,14). The van der Waals surface area contributed by atoms with Crippen molar-refractivity contribution in [1.29, 1.82) is 0 Å². The van der Waals surface area contributed by atoms with Crippen LogP contribution in [0, 0.1) is 10.1 Å². The zero-order valence-electron chi connectivity index (χ0n) is 8.49. The highest BCUT2D eigenvalue weighted by Gasteiger charge is 2.14. The van der Waals surface area contributed by atoms with E-state index >= 15 is 0 Å². The normalized spacial score (nSPS) is 10.1. The lowest BCUT2D eigenvalue weighted by atomic mass is 10.1. The van der Waals surface area contributed by atoms with Gasteiger partial charge in [0.15, 0.2) is 0 Å². The number of aromatic carboxylic acids is 1. The van der Waals surface area contributed by atoms with Crippen molar-refractivity contribution < 1.29 is 14.8 Å². The Morgan fingerprint density at radius 1 is 1.24 bits per heavy atom. The minimum Gasteiger partial charge on any atom is -0.477 e. The highest BCUT2D eigenvalue weighted by atomic mass is 32.1. The first-order chi connectivity index (χ1) is 8.09. The van der Waals surface area contributed by atoms with E-state index in [1.165, 1.54) is 12.1 Å². The van der Waals surface area contributed by atoms with Crippen LogP contribution in [0.15, 0.2) is 35.7 Å². The highest BCUT2D eigenvalue weighted by Crippen LogP contribution is 2.29. The molecule has 1 N–H and O–H groups in total. The zero-order valence-corrected chi connectivity index (χ0v) is 9.31. The summed E-state index contributed by atoms with van der Waals surface area (Å²) in [6, 6.07) is 7.51. The van der Waals surface area contributed by atoms with Crippen LogP contribution < -0.4 is 0 Å². The molecule has 0 amide bonds. The number of nitro benzene ring substituents is 1. The van der Waals surface area contributed by atoms with Gasteiger partial charge in [0, 0.05) is 17.7 Å². The summed E-state index contributed by atoms with van der Waals surface area (Å²) in [4.78, 5) is 21.2. The van der Waals surface area contributed by atoms with Crippen molar-refractivity contribution in [2.75, 3.05) is 0 Å². The molecule has 0 aliphatic heterocycles. The van der Waals surface area contributed by atoms with E-state index in [0.29, 0.717) is 11.1 Å². The summed E-state index contributed by atoms with van der Waals surface area (Å²) in [6.45, 7) is 0. The van der Waals surface area contributed by atoms with Crippen LogP contribution in [0.4, 0.5) is 5.69 Å². The van der Waals surface area contributed by atoms with Crippen LogP contribution in [0.5, 0.6) is 0 Å². The molecule has 1 aromatic carbocycles. The molecule has 0 bridgehead atoms. The van der Waals surface area contributed by atoms with Crippen LogP contribution in [0.3, 0.4) is 0 Å². The van der Waals surface area contributed by atoms with Crippen molar-refractivity contribution in [2.24, 2.45) is 0 Å². The van der Waals surface area contributed by atoms with Crippen LogP contribution in [0.2, 0.25) is 0 Å². The third-order valence-electron chi connectivity index (χ3n) is 2.25. The Morgan fingerprint density at radius 2 is 1.88 bits per heavy atom. The fourth-order valence-electron chi connectivity index (χ4n) is 1.46. The molecule has 0 fully saturated rings. The second kappa shape index (κ2) is 4.34. The lowest BCUT2D eigenvalue weighted by Gasteiger charge is -2.00. The van der Waals surface area contributed by atoms with Crippen LogP contribution in [-0.2, 0) is 0 Å². The summed E-state index contributed by atoms with van der Waals surface area (Å²) in [6.07, 6.45) is 0. The van der Waals surface area contributed by atoms with Crippen LogP contribution in [-0.4, -0.2) is 16.0 Å². The molecule has 5 nitrogen and oxygen atoms in total. The van der Waals surface area contributed by atoms with Crippen molar-refractivity contribution in [3.63, 3.8) is 0 Å². The average molecular weight is 249 g/mol. The Labute approximate surface area is 100 Å². The molecule has 0 atom stereocenters. The number of carbonyl (C=O) groups is 1. The van der Waals surface area contributed by atoms with Crippen LogP contribution >= 0.6 is 11.3 Å². The van der Waals surface area contributed by atoms with E-state index in [4.69, 9.17) is 5.11 Å². The summed E-state index contributed by atoms with van der Waals surface area (Å²) in [5, 5.41) is 21.1. The van der Waals surface area contributed by atoms with Crippen molar-refractivity contribution >= 4 is 23.0 Å². The summed E-state index contributed by atoms with van der Waals surface area (Å²) in [5.41, 5.74) is 1.23. The number of nitro groups is 1. The lowest BCUT2D eigenvalue weighted by Crippen LogP contribution is -1.94. The van der Waals surface area contributed by atoms with E-state index in [-0.39, 0.29) is 10.6 Å². The van der Waals surface area contributed by atoms with Gasteiger partial charge in [-0.3, -0.25) is 10.1 Å². The second-order valence-corrected chi connectivity index (χ2v) is 4.19. The molecular formula is C11H7NO4S. The maximum Gasteiger partial charge on any atom is 0.346 e. The molecule has 86 valence electrons. The predicted octanol–water partition coefficient (Wildman–Crippen LogP) is 3.02. The quantitative estimate of drug-likeness (QED) is 0.669. The van der Waals surface area contributed by atoms with Gasteiger partial charge in [-0.2, -0.15) is 0 Å². The topological polar surface area (TPSA) is 80.4 Å². The molecule has 17 heavy (non-hydrogen) atoms. The zero-order chi connectivity index (χ0) is 12.4. The molecule has 2 aromatic rings. The minimum absolute atomic E-state index is 0.0131. The predicted molar refractivity (Wildman–Crippen MR) is 63.4 cm³/mol. The maximum atomic E-state index is 10.9. The number of benzene rings is 1. The van der Waals surface area contributed by atoms with Crippen molar-refractivity contribution in [3.05, 3.63) is 50.7 Å². The molecule has 1 aromatic heterocycles. The van der Waals surface area contributed by atoms with Crippen molar-refractivity contribution in [3.8, 4) is 11.1 Å². The maximum absolute atomic E-state index is 10.9. The minimum atomic E-state index is -0.992. The largest absolute Gasteiger partial charge is 0.477 e. The number of thiophene rings is 1. The number of hydrogen-bond donors (Lipinski definition) is 1. The number of rotatable bonds is 3. The molecule has 0 saturated carbocycles. The summed E-state index contributed by atoms with van der Waals surface area (Å²) in [5.74, 6) is -0.992. The molecular weight excluding hydrogens is 242 g/mol. The van der Waals surface area contributed by atoms with Crippen LogP contribution in [0.1, 0.15) is 9.67 Å². The van der Waals surface area contributed by atoms with Gasteiger partial charge in [-0.1, -0.05) is 0 Å². The third-order valence-corrected chi connectivity index (χ3v) is 3.15. The van der Waals surface area contributed by atoms with E-state index in [2.05, 4.69) is 0 Å². The highest BCUT2D eigenvalue weighted by molar-refractivity contribution is 7.12. The molecule has 0 radical (unpaired) electrons. The van der Waals surface area contributed by atoms with Gasteiger partial charge in [-0.15, -0.1) is 11.3 Å². The van der Waals surface area contributed by atoms with Gasteiger partial charge in [0.05, 0.1) is 4.92 Å². The van der Waals surface area contributed by atoms with Gasteiger partial charge >= 0.3 is 5.97 Å². The number of carboxylic acids is 1. The second-order valence-electron chi connectivity index (χ2n) is 3.27. The fourth-order valence-corrected chi connectivity index (χ4v) is 2.22. The fraction of sp³-hybridized carbons (Fsp3) is 0. The smallest absolute Gasteiger partial charge is 0.346 e. The van der Waals surface area contributed by atoms with Crippen molar-refractivity contribution in [1.82, 2.24) is 0 Å². The molecule has 2 rings (SSSR count). The Hall–Kier alpha value is -2.21. The summed E-state index contributed by atoms with van der Waals surface area (Å²) < 4.78 is 0. The summed E-state index contributed by atoms with van der Waals surface area (Å²) in [7, 11) is 0. The first-order valence-corrected chi connectivity index (χ1v) is 5.53. The Morgan fingerprint density at radius 3 is 2.41 bits per heavy atom. The van der Waals surface area contributed by atoms with E-state index in [0.717, 1.165) is 11.3 Å². The molecule has 0 spiro atoms. The molecule has 0 aliphatic carbocycles. The van der Waals surface area contributed by atoms with Gasteiger partial charge in [-0.05, 0) is 29.1 Å². The Kier molecular flexibility index (Phi) is 2.88. The first-order valence-electron chi connectivity index (χ1n) is 4.65. The average Bonchev–Trinajstić information content (AvgIpc) is 2.78. The van der Waals surface area contributed by atoms with Gasteiger partial charge in [0.1, 0.15) is 4.88 Å². The molecule has 0 aliphatic rings. The number of carboxylic acid groups (broad SMARTS) is 1. The SMILES string of the molecule is O=C(O)c1sccc1-c1ccc([N+](=O)[O-])cc1. The van der Waals surface area contributed by atoms with E-state index in [1.807, 2.05) is 0 Å². The monoisotopic (exact) mass is 249 g/mol. The first kappa shape index (κ1) is 11.3. The molecule has 0 unspecified atom stereocenters. The summed E-state index contributed by atoms with van der Waals surface area (Å²) >= 11 is 1.13. The number of non-ortho nitro benzene ring substituents is 1. The van der Waals surface area contributed by atoms with Gasteiger partial charge < -0.3 is 5.11 Å².